The third kappa shape index (κ3) is 29300. The van der Waals surface area contributed by atoms with Gasteiger partial charge in [0.1, 0.15) is 0 Å². The first-order valence-corrected chi connectivity index (χ1v) is 3.34. The molecule has 0 aliphatic carbocycles. The summed E-state index contributed by atoms with van der Waals surface area (Å²) in [6, 6.07) is 0. The maximum atomic E-state index is 7.13. The Balaban J connectivity index is -0.0000000145. The van der Waals surface area contributed by atoms with Gasteiger partial charge in [0.2, 0.25) is 0 Å². The first-order valence-electron chi connectivity index (χ1n) is 1.71. The minimum Gasteiger partial charge on any atom is -0.696 e. The van der Waals surface area contributed by atoms with E-state index in [2.05, 4.69) is 50.5 Å². The number of rotatable bonds is 0. The van der Waals surface area contributed by atoms with Gasteiger partial charge in [-0.3, -0.25) is 0 Å². The molecular formula is C4MgN4S4Zn. The van der Waals surface area contributed by atoms with Crippen LogP contribution < -0.4 is 0 Å². The molecule has 0 aromatic heterocycles. The molecule has 0 aliphatic heterocycles. The molecule has 0 rings (SSSR count). The fraction of sp³-hybridized carbons (Fsp3) is 0. The molecule has 0 bridgehead atoms. The molecule has 0 unspecified atom stereocenters. The zero-order chi connectivity index (χ0) is 10.8. The summed E-state index contributed by atoms with van der Waals surface area (Å²) in [5.41, 5.74) is 0. The van der Waals surface area contributed by atoms with Crippen LogP contribution in [0.5, 0.6) is 0 Å². The van der Waals surface area contributed by atoms with Crippen molar-refractivity contribution in [2.45, 2.75) is 0 Å². The Labute approximate surface area is 134 Å². The second-order valence-electron chi connectivity index (χ2n) is 0.365. The zero-order valence-electron chi connectivity index (χ0n) is 6.84. The summed E-state index contributed by atoms with van der Waals surface area (Å²) < 4.78 is 0. The molecular weight excluding hydrogens is 322 g/mol. The smallest absolute Gasteiger partial charge is 0.696 e. The van der Waals surface area contributed by atoms with E-state index < -0.39 is 0 Å². The van der Waals surface area contributed by atoms with E-state index >= 15 is 0 Å². The summed E-state index contributed by atoms with van der Waals surface area (Å²) in [6.45, 7) is 0. The molecule has 0 aromatic carbocycles. The maximum absolute atomic E-state index is 7.13. The summed E-state index contributed by atoms with van der Waals surface area (Å²) in [6.07, 6.45) is 0. The van der Waals surface area contributed by atoms with Crippen molar-refractivity contribution in [3.8, 4) is 21.6 Å². The predicted molar refractivity (Wildman–Crippen MR) is 57.7 cm³/mol. The molecule has 0 heterocycles. The number of nitriles is 4. The van der Waals surface area contributed by atoms with Crippen LogP contribution in [0.1, 0.15) is 0 Å². The Hall–Kier alpha value is 0.230. The standard InChI is InChI=1S/4CHNS.Mg.Zn/c4*2-1-3;;/h4*3H;;/q;;;;2*+2/p-4. The van der Waals surface area contributed by atoms with Gasteiger partial charge in [-0.25, -0.2) is 21.0 Å². The van der Waals surface area contributed by atoms with E-state index in [1.165, 1.54) is 21.6 Å². The van der Waals surface area contributed by atoms with Gasteiger partial charge in [0, 0.05) is 0 Å². The van der Waals surface area contributed by atoms with Gasteiger partial charge >= 0.3 is 42.5 Å². The molecule has 0 amide bonds. The van der Waals surface area contributed by atoms with Crippen LogP contribution in [0.4, 0.5) is 0 Å². The van der Waals surface area contributed by atoms with Gasteiger partial charge in [0.25, 0.3) is 0 Å². The molecule has 0 saturated heterocycles. The number of hydrogen-bond donors (Lipinski definition) is 0. The Kier molecular flexibility index (Phi) is 291. The average molecular weight is 322 g/mol. The summed E-state index contributed by atoms with van der Waals surface area (Å²) >= 11 is 14.8. The van der Waals surface area contributed by atoms with Crippen molar-refractivity contribution < 1.29 is 19.5 Å². The Morgan fingerprint density at radius 2 is 0.571 bits per heavy atom. The van der Waals surface area contributed by atoms with Crippen LogP contribution in [0.25, 0.3) is 0 Å². The summed E-state index contributed by atoms with van der Waals surface area (Å²) in [4.78, 5) is 0. The van der Waals surface area contributed by atoms with E-state index in [0.717, 1.165) is 0 Å². The maximum Gasteiger partial charge on any atom is 2.00 e. The van der Waals surface area contributed by atoms with Crippen molar-refractivity contribution in [1.82, 2.24) is 0 Å². The van der Waals surface area contributed by atoms with Crippen molar-refractivity contribution in [3.05, 3.63) is 0 Å². The molecule has 0 fully saturated rings. The minimum absolute atomic E-state index is 0. The second-order valence-corrected chi connectivity index (χ2v) is 1.10. The molecule has 0 atom stereocenters. The monoisotopic (exact) mass is 320 g/mol. The minimum atomic E-state index is 0. The first kappa shape index (κ1) is 36.8. The molecule has 0 N–H and O–H groups in total. The van der Waals surface area contributed by atoms with Gasteiger partial charge in [-0.15, -0.1) is 0 Å². The van der Waals surface area contributed by atoms with Gasteiger partial charge in [0.05, 0.1) is 0 Å². The molecule has 0 aromatic rings. The number of nitrogens with zero attached hydrogens (tertiary/aromatic N) is 4. The Morgan fingerprint density at radius 3 is 0.571 bits per heavy atom. The van der Waals surface area contributed by atoms with E-state index in [-0.39, 0.29) is 42.5 Å². The molecule has 64 valence electrons. The van der Waals surface area contributed by atoms with Crippen LogP contribution in [0.2, 0.25) is 0 Å². The van der Waals surface area contributed by atoms with Crippen LogP contribution in [0.3, 0.4) is 0 Å². The molecule has 0 radical (unpaired) electrons. The normalized spacial score (nSPS) is 2.00. The van der Waals surface area contributed by atoms with E-state index in [1.807, 2.05) is 0 Å². The van der Waals surface area contributed by atoms with E-state index in [4.69, 9.17) is 21.0 Å². The SMILES string of the molecule is N#C[S-].N#C[S-].N#C[S-].N#C[S-].[Mg+2].[Zn+2]. The average Bonchev–Trinajstić information content (AvgIpc) is 1.92. The van der Waals surface area contributed by atoms with Crippen molar-refractivity contribution in [3.63, 3.8) is 0 Å². The molecule has 0 aliphatic rings. The topological polar surface area (TPSA) is 95.2 Å². The summed E-state index contributed by atoms with van der Waals surface area (Å²) in [7, 11) is 0. The van der Waals surface area contributed by atoms with Gasteiger partial charge in [-0.05, 0) is 0 Å². The van der Waals surface area contributed by atoms with E-state index in [1.54, 1.807) is 0 Å². The van der Waals surface area contributed by atoms with Crippen molar-refractivity contribution in [2.75, 3.05) is 0 Å². The van der Waals surface area contributed by atoms with Crippen molar-refractivity contribution >= 4 is 73.6 Å². The van der Waals surface area contributed by atoms with E-state index in [9.17, 15) is 0 Å². The molecule has 10 heteroatoms. The molecule has 4 nitrogen and oxygen atoms in total. The Morgan fingerprint density at radius 1 is 0.571 bits per heavy atom. The van der Waals surface area contributed by atoms with Crippen LogP contribution in [0, 0.1) is 42.7 Å². The van der Waals surface area contributed by atoms with Gasteiger partial charge < -0.3 is 50.5 Å². The third-order valence-corrected chi connectivity index (χ3v) is 0. The van der Waals surface area contributed by atoms with Gasteiger partial charge in [0.15, 0.2) is 0 Å². The quantitative estimate of drug-likeness (QED) is 0.340. The third-order valence-electron chi connectivity index (χ3n) is 0. The fourth-order valence-corrected chi connectivity index (χ4v) is 0. The fourth-order valence-electron chi connectivity index (χ4n) is 0. The van der Waals surface area contributed by atoms with Gasteiger partial charge in [-0.2, -0.15) is 0 Å². The largest absolute Gasteiger partial charge is 2.00 e. The van der Waals surface area contributed by atoms with Crippen LogP contribution in [-0.2, 0) is 70.0 Å². The van der Waals surface area contributed by atoms with Crippen LogP contribution in [-0.4, -0.2) is 23.1 Å². The zero-order valence-corrected chi connectivity index (χ0v) is 14.5. The van der Waals surface area contributed by atoms with E-state index in [0.29, 0.717) is 0 Å². The molecule has 14 heavy (non-hydrogen) atoms. The summed E-state index contributed by atoms with van der Waals surface area (Å²) in [5, 5.41) is 33.9. The molecule has 0 spiro atoms. The van der Waals surface area contributed by atoms with Crippen molar-refractivity contribution in [1.29, 1.82) is 21.0 Å². The Bertz CT molecular complexity index is 163. The summed E-state index contributed by atoms with van der Waals surface area (Å²) in [5.74, 6) is 0. The van der Waals surface area contributed by atoms with Crippen LogP contribution in [0.15, 0.2) is 0 Å². The second kappa shape index (κ2) is 111. The predicted octanol–water partition coefficient (Wildman–Crippen LogP) is -0.326. The van der Waals surface area contributed by atoms with Crippen molar-refractivity contribution in [2.24, 2.45) is 0 Å². The van der Waals surface area contributed by atoms with Crippen LogP contribution >= 0.6 is 0 Å². The number of thiocyanates is 4. The molecule has 0 saturated carbocycles. The first-order chi connectivity index (χ1) is 5.66. The van der Waals surface area contributed by atoms with Gasteiger partial charge in [-0.1, -0.05) is 21.6 Å². The number of hydrogen-bond acceptors (Lipinski definition) is 8.